The lowest BCUT2D eigenvalue weighted by atomic mass is 10.2. The number of rotatable bonds is 4. The van der Waals surface area contributed by atoms with E-state index in [9.17, 15) is 5.11 Å². The molecule has 1 aromatic heterocycles. The molecule has 0 aliphatic rings. The minimum absolute atomic E-state index is 0.276. The van der Waals surface area contributed by atoms with Crippen LogP contribution >= 0.6 is 0 Å². The Kier molecular flexibility index (Phi) is 3.65. The summed E-state index contributed by atoms with van der Waals surface area (Å²) in [5.41, 5.74) is 1.60. The van der Waals surface area contributed by atoms with E-state index in [0.717, 1.165) is 22.7 Å². The predicted octanol–water partition coefficient (Wildman–Crippen LogP) is 2.66. The van der Waals surface area contributed by atoms with Crippen LogP contribution in [0, 0.1) is 0 Å². The van der Waals surface area contributed by atoms with Gasteiger partial charge in [0, 0.05) is 5.56 Å². The highest BCUT2D eigenvalue weighted by molar-refractivity contribution is 5.59. The third-order valence-corrected chi connectivity index (χ3v) is 3.26. The van der Waals surface area contributed by atoms with Gasteiger partial charge < -0.3 is 14.6 Å². The van der Waals surface area contributed by atoms with Crippen LogP contribution in [0.25, 0.3) is 17.1 Å². The first kappa shape index (κ1) is 13.9. The lowest BCUT2D eigenvalue weighted by Gasteiger charge is -2.07. The van der Waals surface area contributed by atoms with Crippen molar-refractivity contribution >= 4 is 0 Å². The van der Waals surface area contributed by atoms with Gasteiger partial charge in [-0.1, -0.05) is 0 Å². The number of ether oxygens (including phenoxy) is 2. The number of aromatic hydroxyl groups is 1. The summed E-state index contributed by atoms with van der Waals surface area (Å²) < 4.78 is 11.9. The van der Waals surface area contributed by atoms with Crippen LogP contribution in [0.1, 0.15) is 0 Å². The number of benzene rings is 2. The maximum absolute atomic E-state index is 9.67. The van der Waals surface area contributed by atoms with Crippen LogP contribution < -0.4 is 9.47 Å². The van der Waals surface area contributed by atoms with Gasteiger partial charge in [0.25, 0.3) is 0 Å². The van der Waals surface area contributed by atoms with E-state index >= 15 is 0 Å². The molecule has 0 atom stereocenters. The summed E-state index contributed by atoms with van der Waals surface area (Å²) in [5, 5.41) is 13.7. The van der Waals surface area contributed by atoms with Gasteiger partial charge in [-0.15, -0.1) is 5.10 Å². The van der Waals surface area contributed by atoms with E-state index < -0.39 is 0 Å². The molecule has 0 spiro atoms. The largest absolute Gasteiger partial charge is 0.497 e. The first-order valence-electron chi connectivity index (χ1n) is 6.66. The van der Waals surface area contributed by atoms with Gasteiger partial charge in [0.1, 0.15) is 11.5 Å². The molecular formula is C16H15N3O3. The summed E-state index contributed by atoms with van der Waals surface area (Å²) in [6.07, 6.45) is 0. The molecule has 0 unspecified atom stereocenters. The lowest BCUT2D eigenvalue weighted by Crippen LogP contribution is -1.99. The molecule has 1 N–H and O–H groups in total. The number of hydrogen-bond donors (Lipinski definition) is 1. The third-order valence-electron chi connectivity index (χ3n) is 3.26. The second-order valence-corrected chi connectivity index (χ2v) is 4.57. The minimum Gasteiger partial charge on any atom is -0.497 e. The molecule has 0 radical (unpaired) electrons. The molecule has 0 saturated heterocycles. The molecule has 0 fully saturated rings. The van der Waals surface area contributed by atoms with Crippen LogP contribution in [-0.2, 0) is 0 Å². The average Bonchev–Trinajstić information content (AvgIpc) is 2.97. The highest BCUT2D eigenvalue weighted by atomic mass is 16.5. The topological polar surface area (TPSA) is 69.4 Å². The molecule has 6 nitrogen and oxygen atoms in total. The molecule has 3 aromatic rings. The fourth-order valence-corrected chi connectivity index (χ4v) is 2.13. The Hall–Kier alpha value is -3.02. The smallest absolute Gasteiger partial charge is 0.333 e. The monoisotopic (exact) mass is 297 g/mol. The van der Waals surface area contributed by atoms with Crippen molar-refractivity contribution in [2.45, 2.75) is 0 Å². The molecule has 0 saturated carbocycles. The zero-order chi connectivity index (χ0) is 15.5. The van der Waals surface area contributed by atoms with E-state index in [-0.39, 0.29) is 6.01 Å². The van der Waals surface area contributed by atoms with Gasteiger partial charge in [0.15, 0.2) is 5.82 Å². The molecule has 1 heterocycles. The zero-order valence-electron chi connectivity index (χ0n) is 12.2. The lowest BCUT2D eigenvalue weighted by molar-refractivity contribution is 0.414. The van der Waals surface area contributed by atoms with Gasteiger partial charge in [0.05, 0.1) is 19.9 Å². The molecule has 6 heteroatoms. The van der Waals surface area contributed by atoms with Crippen LogP contribution in [0.5, 0.6) is 17.5 Å². The van der Waals surface area contributed by atoms with Gasteiger partial charge in [-0.25, -0.2) is 4.68 Å². The van der Waals surface area contributed by atoms with Crippen LogP contribution in [0.15, 0.2) is 48.5 Å². The van der Waals surface area contributed by atoms with E-state index in [2.05, 4.69) is 10.1 Å². The van der Waals surface area contributed by atoms with Crippen molar-refractivity contribution in [2.24, 2.45) is 0 Å². The molecule has 2 aromatic carbocycles. The average molecular weight is 297 g/mol. The van der Waals surface area contributed by atoms with Crippen molar-refractivity contribution < 1.29 is 14.6 Å². The Bertz CT molecular complexity index is 699. The number of methoxy groups -OCH3 is 2. The summed E-state index contributed by atoms with van der Waals surface area (Å²) >= 11 is 0. The van der Waals surface area contributed by atoms with Crippen molar-refractivity contribution in [3.8, 4) is 34.6 Å². The Morgan fingerprint density at radius 3 is 1.95 bits per heavy atom. The van der Waals surface area contributed by atoms with Crippen molar-refractivity contribution in [2.75, 3.05) is 14.2 Å². The van der Waals surface area contributed by atoms with Crippen LogP contribution in [-0.4, -0.2) is 34.1 Å². The maximum atomic E-state index is 9.67. The highest BCUT2D eigenvalue weighted by Crippen LogP contribution is 2.25. The maximum Gasteiger partial charge on any atom is 0.333 e. The van der Waals surface area contributed by atoms with Gasteiger partial charge in [-0.3, -0.25) is 0 Å². The second-order valence-electron chi connectivity index (χ2n) is 4.57. The van der Waals surface area contributed by atoms with Crippen LogP contribution in [0.2, 0.25) is 0 Å². The molecule has 0 aliphatic heterocycles. The van der Waals surface area contributed by atoms with E-state index in [1.807, 2.05) is 48.5 Å². The SMILES string of the molecule is COc1ccc(-c2nc(O)nn2-c2ccc(OC)cc2)cc1. The van der Waals surface area contributed by atoms with Crippen LogP contribution in [0.3, 0.4) is 0 Å². The van der Waals surface area contributed by atoms with Gasteiger partial charge in [-0.05, 0) is 48.5 Å². The molecule has 0 bridgehead atoms. The minimum atomic E-state index is -0.276. The summed E-state index contributed by atoms with van der Waals surface area (Å²) in [5.74, 6) is 2.05. The molecule has 0 aliphatic carbocycles. The Morgan fingerprint density at radius 2 is 1.41 bits per heavy atom. The van der Waals surface area contributed by atoms with E-state index in [4.69, 9.17) is 9.47 Å². The van der Waals surface area contributed by atoms with E-state index in [0.29, 0.717) is 5.82 Å². The first-order chi connectivity index (χ1) is 10.7. The molecule has 112 valence electrons. The Morgan fingerprint density at radius 1 is 0.864 bits per heavy atom. The molecule has 0 amide bonds. The number of aromatic nitrogens is 3. The zero-order valence-corrected chi connectivity index (χ0v) is 12.2. The molecular weight excluding hydrogens is 282 g/mol. The second kappa shape index (κ2) is 5.77. The van der Waals surface area contributed by atoms with Gasteiger partial charge in [0.2, 0.25) is 0 Å². The highest BCUT2D eigenvalue weighted by Gasteiger charge is 2.13. The fraction of sp³-hybridized carbons (Fsp3) is 0.125. The first-order valence-corrected chi connectivity index (χ1v) is 6.66. The van der Waals surface area contributed by atoms with Crippen molar-refractivity contribution in [3.05, 3.63) is 48.5 Å². The fourth-order valence-electron chi connectivity index (χ4n) is 2.13. The predicted molar refractivity (Wildman–Crippen MR) is 81.6 cm³/mol. The van der Waals surface area contributed by atoms with Crippen molar-refractivity contribution in [1.82, 2.24) is 14.8 Å². The number of nitrogens with zero attached hydrogens (tertiary/aromatic N) is 3. The Balaban J connectivity index is 2.04. The number of hydrogen-bond acceptors (Lipinski definition) is 5. The normalized spacial score (nSPS) is 10.5. The summed E-state index contributed by atoms with van der Waals surface area (Å²) in [6.45, 7) is 0. The van der Waals surface area contributed by atoms with Gasteiger partial charge >= 0.3 is 6.01 Å². The third kappa shape index (κ3) is 2.58. The van der Waals surface area contributed by atoms with Crippen LogP contribution in [0.4, 0.5) is 0 Å². The van der Waals surface area contributed by atoms with E-state index in [1.54, 1.807) is 18.9 Å². The standard InChI is InChI=1S/C16H15N3O3/c1-21-13-7-3-11(4-8-13)15-17-16(20)18-19(15)12-5-9-14(22-2)10-6-12/h3-10H,1-2H3,(H,18,20). The van der Waals surface area contributed by atoms with E-state index in [1.165, 1.54) is 0 Å². The molecule has 3 rings (SSSR count). The Labute approximate surface area is 127 Å². The summed E-state index contributed by atoms with van der Waals surface area (Å²) in [4.78, 5) is 4.09. The van der Waals surface area contributed by atoms with Crippen molar-refractivity contribution in [3.63, 3.8) is 0 Å². The quantitative estimate of drug-likeness (QED) is 0.801. The van der Waals surface area contributed by atoms with Crippen molar-refractivity contribution in [1.29, 1.82) is 0 Å². The van der Waals surface area contributed by atoms with Gasteiger partial charge in [-0.2, -0.15) is 4.98 Å². The summed E-state index contributed by atoms with van der Waals surface area (Å²) in [7, 11) is 3.22. The summed E-state index contributed by atoms with van der Waals surface area (Å²) in [6, 6.07) is 14.5. The molecule has 22 heavy (non-hydrogen) atoms.